The fourth-order valence-corrected chi connectivity index (χ4v) is 2.46. The SMILES string of the molecule is CCCCC[C@H](COC(=O)Nc1ccccc1)OC(=O)Nc1ccccc1. The van der Waals surface area contributed by atoms with Crippen LogP contribution in [0.15, 0.2) is 60.7 Å². The molecule has 0 unspecified atom stereocenters. The highest BCUT2D eigenvalue weighted by Gasteiger charge is 2.17. The zero-order valence-corrected chi connectivity index (χ0v) is 15.5. The topological polar surface area (TPSA) is 76.7 Å². The summed E-state index contributed by atoms with van der Waals surface area (Å²) >= 11 is 0. The van der Waals surface area contributed by atoms with Crippen LogP contribution in [0.4, 0.5) is 21.0 Å². The van der Waals surface area contributed by atoms with Crippen molar-refractivity contribution in [2.24, 2.45) is 0 Å². The van der Waals surface area contributed by atoms with Crippen LogP contribution in [0.5, 0.6) is 0 Å². The van der Waals surface area contributed by atoms with Crippen molar-refractivity contribution >= 4 is 23.6 Å². The van der Waals surface area contributed by atoms with Crippen molar-refractivity contribution in [3.8, 4) is 0 Å². The molecule has 0 aliphatic rings. The lowest BCUT2D eigenvalue weighted by molar-refractivity contribution is 0.0498. The Bertz CT molecular complexity index is 692. The van der Waals surface area contributed by atoms with Crippen molar-refractivity contribution in [3.63, 3.8) is 0 Å². The van der Waals surface area contributed by atoms with Crippen LogP contribution in [0, 0.1) is 0 Å². The lowest BCUT2D eigenvalue weighted by Crippen LogP contribution is -2.29. The van der Waals surface area contributed by atoms with E-state index in [0.717, 1.165) is 19.3 Å². The van der Waals surface area contributed by atoms with Crippen LogP contribution in [0.25, 0.3) is 0 Å². The molecule has 0 fully saturated rings. The normalized spacial score (nSPS) is 11.3. The van der Waals surface area contributed by atoms with E-state index in [1.165, 1.54) is 0 Å². The van der Waals surface area contributed by atoms with Gasteiger partial charge in [-0.1, -0.05) is 56.2 Å². The highest BCUT2D eigenvalue weighted by Crippen LogP contribution is 2.12. The predicted octanol–water partition coefficient (Wildman–Crippen LogP) is 5.43. The number of anilines is 2. The maximum absolute atomic E-state index is 12.1. The van der Waals surface area contributed by atoms with Gasteiger partial charge in [0.1, 0.15) is 12.7 Å². The minimum Gasteiger partial charge on any atom is -0.445 e. The summed E-state index contributed by atoms with van der Waals surface area (Å²) in [5.74, 6) is 0. The Kier molecular flexibility index (Phi) is 8.69. The van der Waals surface area contributed by atoms with E-state index in [0.29, 0.717) is 17.8 Å². The Labute approximate surface area is 159 Å². The van der Waals surface area contributed by atoms with Crippen molar-refractivity contribution in [2.45, 2.75) is 38.7 Å². The molecule has 144 valence electrons. The number of unbranched alkanes of at least 4 members (excludes halogenated alkanes) is 2. The Morgan fingerprint density at radius 3 is 1.96 bits per heavy atom. The van der Waals surface area contributed by atoms with E-state index in [4.69, 9.17) is 9.47 Å². The lowest BCUT2D eigenvalue weighted by atomic mass is 10.1. The zero-order chi connectivity index (χ0) is 19.3. The summed E-state index contributed by atoms with van der Waals surface area (Å²) in [6.07, 6.45) is 1.97. The lowest BCUT2D eigenvalue weighted by Gasteiger charge is -2.18. The Hall–Kier alpha value is -3.02. The van der Waals surface area contributed by atoms with Crippen LogP contribution < -0.4 is 10.6 Å². The second-order valence-corrected chi connectivity index (χ2v) is 6.10. The van der Waals surface area contributed by atoms with Gasteiger partial charge in [0, 0.05) is 11.4 Å². The third kappa shape index (κ3) is 8.27. The van der Waals surface area contributed by atoms with Gasteiger partial charge in [0.05, 0.1) is 0 Å². The number of para-hydroxylation sites is 2. The molecule has 2 aromatic carbocycles. The highest BCUT2D eigenvalue weighted by atomic mass is 16.6. The van der Waals surface area contributed by atoms with Crippen LogP contribution in [0.3, 0.4) is 0 Å². The van der Waals surface area contributed by atoms with Gasteiger partial charge >= 0.3 is 12.2 Å². The number of rotatable bonds is 9. The second kappa shape index (κ2) is 11.6. The fraction of sp³-hybridized carbons (Fsp3) is 0.333. The van der Waals surface area contributed by atoms with Gasteiger partial charge in [0.25, 0.3) is 0 Å². The van der Waals surface area contributed by atoms with Crippen molar-refractivity contribution < 1.29 is 19.1 Å². The molecule has 2 N–H and O–H groups in total. The molecule has 2 rings (SSSR count). The third-order valence-electron chi connectivity index (χ3n) is 3.84. The van der Waals surface area contributed by atoms with Gasteiger partial charge in [0.15, 0.2) is 0 Å². The van der Waals surface area contributed by atoms with Crippen molar-refractivity contribution in [3.05, 3.63) is 60.7 Å². The molecule has 0 saturated heterocycles. The van der Waals surface area contributed by atoms with Crippen LogP contribution in [-0.4, -0.2) is 24.9 Å². The molecule has 0 bridgehead atoms. The van der Waals surface area contributed by atoms with E-state index < -0.39 is 18.3 Å². The third-order valence-corrected chi connectivity index (χ3v) is 3.84. The first-order valence-corrected chi connectivity index (χ1v) is 9.19. The molecule has 0 saturated carbocycles. The molecule has 0 radical (unpaired) electrons. The smallest absolute Gasteiger partial charge is 0.412 e. The van der Waals surface area contributed by atoms with Crippen LogP contribution in [-0.2, 0) is 9.47 Å². The first-order chi connectivity index (χ1) is 13.2. The first-order valence-electron chi connectivity index (χ1n) is 9.19. The number of hydrogen-bond acceptors (Lipinski definition) is 4. The summed E-state index contributed by atoms with van der Waals surface area (Å²) in [6.45, 7) is 2.10. The molecule has 6 heteroatoms. The highest BCUT2D eigenvalue weighted by molar-refractivity contribution is 5.85. The largest absolute Gasteiger partial charge is 0.445 e. The number of carbonyl (C=O) groups is 2. The Balaban J connectivity index is 1.83. The van der Waals surface area contributed by atoms with Crippen LogP contribution in [0.2, 0.25) is 0 Å². The maximum atomic E-state index is 12.1. The zero-order valence-electron chi connectivity index (χ0n) is 15.5. The van der Waals surface area contributed by atoms with E-state index in [1.54, 1.807) is 24.3 Å². The van der Waals surface area contributed by atoms with Crippen LogP contribution >= 0.6 is 0 Å². The summed E-state index contributed by atoms with van der Waals surface area (Å²) in [6, 6.07) is 18.1. The molecule has 1 atom stereocenters. The fourth-order valence-electron chi connectivity index (χ4n) is 2.46. The molecule has 0 heterocycles. The molecule has 2 amide bonds. The molecule has 2 aromatic rings. The Morgan fingerprint density at radius 2 is 1.41 bits per heavy atom. The van der Waals surface area contributed by atoms with Gasteiger partial charge in [-0.05, 0) is 37.1 Å². The first kappa shape index (κ1) is 20.3. The van der Waals surface area contributed by atoms with E-state index in [9.17, 15) is 9.59 Å². The van der Waals surface area contributed by atoms with Gasteiger partial charge in [-0.15, -0.1) is 0 Å². The van der Waals surface area contributed by atoms with Crippen molar-refractivity contribution in [2.75, 3.05) is 17.2 Å². The number of carbonyl (C=O) groups excluding carboxylic acids is 2. The number of amides is 2. The maximum Gasteiger partial charge on any atom is 0.412 e. The van der Waals surface area contributed by atoms with E-state index >= 15 is 0 Å². The minimum atomic E-state index is -0.575. The molecule has 27 heavy (non-hydrogen) atoms. The average molecular weight is 370 g/mol. The van der Waals surface area contributed by atoms with Gasteiger partial charge in [0.2, 0.25) is 0 Å². The molecule has 0 spiro atoms. The van der Waals surface area contributed by atoms with Crippen molar-refractivity contribution in [1.82, 2.24) is 0 Å². The number of hydrogen-bond donors (Lipinski definition) is 2. The van der Waals surface area contributed by atoms with Crippen LogP contribution in [0.1, 0.15) is 32.6 Å². The Morgan fingerprint density at radius 1 is 0.852 bits per heavy atom. The monoisotopic (exact) mass is 370 g/mol. The predicted molar refractivity (Wildman–Crippen MR) is 106 cm³/mol. The molecule has 6 nitrogen and oxygen atoms in total. The summed E-state index contributed by atoms with van der Waals surface area (Å²) in [7, 11) is 0. The summed E-state index contributed by atoms with van der Waals surface area (Å²) < 4.78 is 10.7. The van der Waals surface area contributed by atoms with E-state index in [1.807, 2.05) is 36.4 Å². The van der Waals surface area contributed by atoms with Gasteiger partial charge in [-0.3, -0.25) is 10.6 Å². The summed E-state index contributed by atoms with van der Waals surface area (Å²) in [5, 5.41) is 5.31. The minimum absolute atomic E-state index is 0.00455. The summed E-state index contributed by atoms with van der Waals surface area (Å²) in [4.78, 5) is 24.0. The second-order valence-electron chi connectivity index (χ2n) is 6.10. The number of benzene rings is 2. The average Bonchev–Trinajstić information content (AvgIpc) is 2.67. The number of ether oxygens (including phenoxy) is 2. The molecule has 0 aromatic heterocycles. The standard InChI is InChI=1S/C21H26N2O4/c1-2-3-6-15-19(27-21(25)23-18-13-9-5-10-14-18)16-26-20(24)22-17-11-7-4-8-12-17/h4-5,7-14,19H,2-3,6,15-16H2,1H3,(H,22,24)(H,23,25)/t19-/m1/s1. The molecule has 0 aliphatic carbocycles. The molecular formula is C21H26N2O4. The van der Waals surface area contributed by atoms with Gasteiger partial charge < -0.3 is 9.47 Å². The molecule has 0 aliphatic heterocycles. The number of nitrogens with one attached hydrogen (secondary N) is 2. The summed E-state index contributed by atoms with van der Waals surface area (Å²) in [5.41, 5.74) is 1.30. The van der Waals surface area contributed by atoms with E-state index in [2.05, 4.69) is 17.6 Å². The van der Waals surface area contributed by atoms with Gasteiger partial charge in [-0.2, -0.15) is 0 Å². The quantitative estimate of drug-likeness (QED) is 0.577. The van der Waals surface area contributed by atoms with Crippen molar-refractivity contribution in [1.29, 1.82) is 0 Å². The van der Waals surface area contributed by atoms with E-state index in [-0.39, 0.29) is 6.61 Å². The van der Waals surface area contributed by atoms with Gasteiger partial charge in [-0.25, -0.2) is 9.59 Å². The molecular weight excluding hydrogens is 344 g/mol.